The van der Waals surface area contributed by atoms with Crippen LogP contribution in [0.3, 0.4) is 0 Å². The summed E-state index contributed by atoms with van der Waals surface area (Å²) in [7, 11) is 0. The Morgan fingerprint density at radius 2 is 1.83 bits per heavy atom. The predicted molar refractivity (Wildman–Crippen MR) is 47.3 cm³/mol. The van der Waals surface area contributed by atoms with Crippen molar-refractivity contribution in [2.75, 3.05) is 0 Å². The fraction of sp³-hybridized carbons (Fsp3) is 0.300. The molecule has 1 aromatic rings. The minimum atomic E-state index is 0.0126. The highest BCUT2D eigenvalue weighted by Crippen LogP contribution is 2.12. The molecule has 0 bridgehead atoms. The molecule has 0 aliphatic carbocycles. The van der Waals surface area contributed by atoms with Gasteiger partial charge in [0, 0.05) is 0 Å². The van der Waals surface area contributed by atoms with E-state index in [1.165, 1.54) is 0 Å². The van der Waals surface area contributed by atoms with E-state index in [9.17, 15) is 0 Å². The highest BCUT2D eigenvalue weighted by atomic mass is 16.3. The van der Waals surface area contributed by atoms with E-state index in [2.05, 4.69) is 6.92 Å². The molecule has 2 heteroatoms. The first-order chi connectivity index (χ1) is 5.81. The van der Waals surface area contributed by atoms with Gasteiger partial charge in [0.15, 0.2) is 0 Å². The third kappa shape index (κ3) is 1.84. The van der Waals surface area contributed by atoms with Crippen LogP contribution >= 0.6 is 0 Å². The summed E-state index contributed by atoms with van der Waals surface area (Å²) in [5, 5.41) is 17.8. The van der Waals surface area contributed by atoms with Crippen molar-refractivity contribution in [2.24, 2.45) is 0 Å². The summed E-state index contributed by atoms with van der Waals surface area (Å²) in [6.45, 7) is 3.78. The second-order valence-corrected chi connectivity index (χ2v) is 2.67. The maximum absolute atomic E-state index is 8.96. The molecule has 1 radical (unpaired) electrons. The van der Waals surface area contributed by atoms with Crippen LogP contribution in [-0.2, 0) is 19.6 Å². The Hall–Kier alpha value is -0.860. The lowest BCUT2D eigenvalue weighted by molar-refractivity contribution is 0.274. The Morgan fingerprint density at radius 3 is 2.33 bits per heavy atom. The quantitative estimate of drug-likeness (QED) is 0.702. The molecule has 12 heavy (non-hydrogen) atoms. The summed E-state index contributed by atoms with van der Waals surface area (Å²) in [5.74, 6) is 0. The van der Waals surface area contributed by atoms with Crippen molar-refractivity contribution in [1.29, 1.82) is 0 Å². The Labute approximate surface area is 72.5 Å². The van der Waals surface area contributed by atoms with Crippen LogP contribution in [0.4, 0.5) is 0 Å². The van der Waals surface area contributed by atoms with Crippen LogP contribution < -0.4 is 0 Å². The summed E-state index contributed by atoms with van der Waals surface area (Å²) in [4.78, 5) is 0. The molecule has 0 aromatic heterocycles. The molecule has 0 aliphatic heterocycles. The van der Waals surface area contributed by atoms with Crippen LogP contribution in [0.25, 0.3) is 0 Å². The van der Waals surface area contributed by atoms with E-state index in [-0.39, 0.29) is 13.2 Å². The van der Waals surface area contributed by atoms with E-state index in [0.717, 1.165) is 16.7 Å². The van der Waals surface area contributed by atoms with E-state index >= 15 is 0 Å². The smallest absolute Gasteiger partial charge is 0.0684 e. The minimum Gasteiger partial charge on any atom is -0.392 e. The van der Waals surface area contributed by atoms with Crippen molar-refractivity contribution in [1.82, 2.24) is 0 Å². The highest BCUT2D eigenvalue weighted by Gasteiger charge is 2.00. The van der Waals surface area contributed by atoms with Crippen LogP contribution in [0.5, 0.6) is 0 Å². The molecule has 0 aliphatic rings. The molecule has 0 heterocycles. The standard InChI is InChI=1S/C10H13O2/c1-2-9-4-3-8(6-11)5-10(9)7-12/h3-5,11-12H,1-2,6-7H2. The third-order valence-corrected chi connectivity index (χ3v) is 1.89. The zero-order valence-corrected chi connectivity index (χ0v) is 6.95. The van der Waals surface area contributed by atoms with Crippen LogP contribution in [0.1, 0.15) is 16.7 Å². The molecule has 0 saturated carbocycles. The second kappa shape index (κ2) is 4.24. The number of hydrogen-bond acceptors (Lipinski definition) is 2. The molecule has 2 N–H and O–H groups in total. The maximum atomic E-state index is 8.96. The molecule has 0 atom stereocenters. The van der Waals surface area contributed by atoms with Gasteiger partial charge in [-0.05, 0) is 30.0 Å². The molecule has 0 amide bonds. The fourth-order valence-electron chi connectivity index (χ4n) is 1.17. The van der Waals surface area contributed by atoms with Crippen LogP contribution in [0, 0.1) is 6.92 Å². The number of hydrogen-bond donors (Lipinski definition) is 2. The first-order valence-electron chi connectivity index (χ1n) is 3.93. The van der Waals surface area contributed by atoms with Gasteiger partial charge in [-0.1, -0.05) is 18.2 Å². The van der Waals surface area contributed by atoms with Crippen molar-refractivity contribution in [3.63, 3.8) is 0 Å². The first kappa shape index (κ1) is 9.23. The third-order valence-electron chi connectivity index (χ3n) is 1.89. The lowest BCUT2D eigenvalue weighted by Gasteiger charge is -2.06. The molecule has 1 aromatic carbocycles. The normalized spacial score (nSPS) is 10.2. The average Bonchev–Trinajstić information content (AvgIpc) is 2.16. The summed E-state index contributed by atoms with van der Waals surface area (Å²) < 4.78 is 0. The summed E-state index contributed by atoms with van der Waals surface area (Å²) in [6, 6.07) is 5.55. The molecular formula is C10H13O2. The largest absolute Gasteiger partial charge is 0.392 e. The summed E-state index contributed by atoms with van der Waals surface area (Å²) >= 11 is 0. The van der Waals surface area contributed by atoms with Crippen LogP contribution in [-0.4, -0.2) is 10.2 Å². The van der Waals surface area contributed by atoms with Crippen molar-refractivity contribution < 1.29 is 10.2 Å². The molecule has 0 fully saturated rings. The van der Waals surface area contributed by atoms with Gasteiger partial charge in [0.1, 0.15) is 0 Å². The number of rotatable bonds is 3. The molecule has 1 rings (SSSR count). The monoisotopic (exact) mass is 165 g/mol. The second-order valence-electron chi connectivity index (χ2n) is 2.67. The minimum absolute atomic E-state index is 0.0126. The topological polar surface area (TPSA) is 40.5 Å². The molecular weight excluding hydrogens is 152 g/mol. The average molecular weight is 165 g/mol. The van der Waals surface area contributed by atoms with Crippen LogP contribution in [0.2, 0.25) is 0 Å². The Kier molecular flexibility index (Phi) is 3.26. The molecule has 0 spiro atoms. The predicted octanol–water partition coefficient (Wildman–Crippen LogP) is 1.05. The van der Waals surface area contributed by atoms with E-state index in [4.69, 9.17) is 10.2 Å². The van der Waals surface area contributed by atoms with Gasteiger partial charge in [-0.15, -0.1) is 0 Å². The van der Waals surface area contributed by atoms with Gasteiger partial charge < -0.3 is 10.2 Å². The zero-order chi connectivity index (χ0) is 8.97. The van der Waals surface area contributed by atoms with E-state index < -0.39 is 0 Å². The first-order valence-corrected chi connectivity index (χ1v) is 3.93. The summed E-state index contributed by atoms with van der Waals surface area (Å²) in [6.07, 6.45) is 0.668. The van der Waals surface area contributed by atoms with E-state index in [1.54, 1.807) is 6.07 Å². The molecule has 2 nitrogen and oxygen atoms in total. The molecule has 65 valence electrons. The lowest BCUT2D eigenvalue weighted by Crippen LogP contribution is -1.94. The van der Waals surface area contributed by atoms with Crippen LogP contribution in [0.15, 0.2) is 18.2 Å². The molecule has 0 unspecified atom stereocenters. The SMILES string of the molecule is [CH2]Cc1ccc(CO)cc1CO. The number of benzene rings is 1. The van der Waals surface area contributed by atoms with Crippen molar-refractivity contribution in [3.8, 4) is 0 Å². The Morgan fingerprint density at radius 1 is 1.08 bits per heavy atom. The number of aliphatic hydroxyl groups is 2. The van der Waals surface area contributed by atoms with Crippen molar-refractivity contribution >= 4 is 0 Å². The van der Waals surface area contributed by atoms with Gasteiger partial charge >= 0.3 is 0 Å². The van der Waals surface area contributed by atoms with Gasteiger partial charge in [-0.2, -0.15) is 0 Å². The van der Waals surface area contributed by atoms with E-state index in [0.29, 0.717) is 6.42 Å². The summed E-state index contributed by atoms with van der Waals surface area (Å²) in [5.41, 5.74) is 2.72. The van der Waals surface area contributed by atoms with E-state index in [1.807, 2.05) is 12.1 Å². The molecule has 0 saturated heterocycles. The zero-order valence-electron chi connectivity index (χ0n) is 6.95. The van der Waals surface area contributed by atoms with Gasteiger partial charge in [0.2, 0.25) is 0 Å². The van der Waals surface area contributed by atoms with Crippen molar-refractivity contribution in [3.05, 3.63) is 41.8 Å². The fourth-order valence-corrected chi connectivity index (χ4v) is 1.17. The van der Waals surface area contributed by atoms with Crippen molar-refractivity contribution in [2.45, 2.75) is 19.6 Å². The number of aliphatic hydroxyl groups excluding tert-OH is 2. The lowest BCUT2D eigenvalue weighted by atomic mass is 10.0. The Bertz CT molecular complexity index is 256. The van der Waals surface area contributed by atoms with Gasteiger partial charge in [0.25, 0.3) is 0 Å². The maximum Gasteiger partial charge on any atom is 0.0684 e. The van der Waals surface area contributed by atoms with Gasteiger partial charge in [-0.25, -0.2) is 0 Å². The Balaban J connectivity index is 3.02. The van der Waals surface area contributed by atoms with Gasteiger partial charge in [0.05, 0.1) is 13.2 Å². The van der Waals surface area contributed by atoms with Gasteiger partial charge in [-0.3, -0.25) is 0 Å². The highest BCUT2D eigenvalue weighted by molar-refractivity contribution is 5.31.